The van der Waals surface area contributed by atoms with Crippen LogP contribution in [0.1, 0.15) is 0 Å². The zero-order valence-electron chi connectivity index (χ0n) is 6.65. The van der Waals surface area contributed by atoms with E-state index in [1.807, 2.05) is 36.0 Å². The maximum atomic E-state index is 8.49. The number of aromatic nitrogens is 1. The zero-order valence-corrected chi connectivity index (χ0v) is 8.16. The van der Waals surface area contributed by atoms with Gasteiger partial charge in [0.2, 0.25) is 0 Å². The van der Waals surface area contributed by atoms with Gasteiger partial charge in [-0.25, -0.2) is 18.6 Å². The lowest BCUT2D eigenvalue weighted by Crippen LogP contribution is -2.68. The Balaban J connectivity index is 0.000000252. The average molecular weight is 228 g/mol. The zero-order chi connectivity index (χ0) is 10.5. The van der Waals surface area contributed by atoms with E-state index >= 15 is 0 Å². The average Bonchev–Trinajstić information content (AvgIpc) is 1.92. The van der Waals surface area contributed by atoms with Crippen LogP contribution in [0.2, 0.25) is 5.15 Å². The predicted octanol–water partition coefficient (Wildman–Crippen LogP) is -3.59. The van der Waals surface area contributed by atoms with E-state index in [0.717, 1.165) is 5.15 Å². The molecule has 1 aromatic heterocycles. The van der Waals surface area contributed by atoms with Crippen molar-refractivity contribution in [2.24, 2.45) is 7.05 Å². The first-order valence-corrected chi connectivity index (χ1v) is 4.64. The van der Waals surface area contributed by atoms with Gasteiger partial charge in [-0.2, -0.15) is 4.57 Å². The number of nitrogens with zero attached hydrogens (tertiary/aromatic N) is 1. The first-order valence-electron chi connectivity index (χ1n) is 3.02. The fourth-order valence-corrected chi connectivity index (χ4v) is 0.632. The summed E-state index contributed by atoms with van der Waals surface area (Å²) in [4.78, 5) is 0. The van der Waals surface area contributed by atoms with Crippen LogP contribution in [0.3, 0.4) is 0 Å². The SMILES string of the molecule is C[n+]1ccccc1Cl.[O-][Cl+3]([O-])([O-])[O-]. The molecule has 13 heavy (non-hydrogen) atoms. The van der Waals surface area contributed by atoms with Crippen LogP contribution in [0.5, 0.6) is 0 Å². The van der Waals surface area contributed by atoms with Gasteiger partial charge in [-0.15, -0.1) is 10.2 Å². The molecule has 0 aliphatic carbocycles. The lowest BCUT2D eigenvalue weighted by atomic mass is 10.5. The van der Waals surface area contributed by atoms with Crippen molar-refractivity contribution in [3.8, 4) is 0 Å². The minimum absolute atomic E-state index is 0.757. The Labute approximate surface area is 82.2 Å². The Bertz CT molecular complexity index is 236. The van der Waals surface area contributed by atoms with Gasteiger partial charge in [0.25, 0.3) is 5.15 Å². The van der Waals surface area contributed by atoms with Crippen LogP contribution >= 0.6 is 11.6 Å². The molecule has 0 radical (unpaired) electrons. The molecule has 0 spiro atoms. The standard InChI is InChI=1S/C6H7ClN.ClHO4/c1-8-5-3-2-4-6(8)7;2-1(3,4)5/h2-5H,1H3;(H,2,3,4,5)/q+1;/p-1. The minimum Gasteiger partial charge on any atom is -0.222 e. The quantitative estimate of drug-likeness (QED) is 0.338. The van der Waals surface area contributed by atoms with Gasteiger partial charge >= 0.3 is 0 Å². The maximum absolute atomic E-state index is 8.49. The Hall–Kier alpha value is -0.430. The van der Waals surface area contributed by atoms with Crippen molar-refractivity contribution in [1.29, 1.82) is 0 Å². The third kappa shape index (κ3) is 9.48. The van der Waals surface area contributed by atoms with E-state index in [4.69, 9.17) is 30.2 Å². The highest BCUT2D eigenvalue weighted by molar-refractivity contribution is 6.28. The van der Waals surface area contributed by atoms with Gasteiger partial charge in [0, 0.05) is 12.1 Å². The van der Waals surface area contributed by atoms with Gasteiger partial charge in [-0.3, -0.25) is 0 Å². The number of halogens is 2. The highest BCUT2D eigenvalue weighted by Gasteiger charge is 1.94. The lowest BCUT2D eigenvalue weighted by molar-refractivity contribution is -2.00. The normalized spacial score (nSPS) is 10.3. The third-order valence-corrected chi connectivity index (χ3v) is 1.38. The molecule has 74 valence electrons. The third-order valence-electron chi connectivity index (χ3n) is 0.991. The topological polar surface area (TPSA) is 96.1 Å². The van der Waals surface area contributed by atoms with Crippen LogP contribution in [0, 0.1) is 10.2 Å². The van der Waals surface area contributed by atoms with E-state index in [1.54, 1.807) is 0 Å². The molecule has 0 atom stereocenters. The van der Waals surface area contributed by atoms with Crippen LogP contribution in [0.4, 0.5) is 0 Å². The molecular weight excluding hydrogens is 221 g/mol. The summed E-state index contributed by atoms with van der Waals surface area (Å²) in [6.07, 6.45) is 1.91. The van der Waals surface area contributed by atoms with Crippen molar-refractivity contribution in [2.75, 3.05) is 0 Å². The van der Waals surface area contributed by atoms with Gasteiger partial charge in [-0.05, 0) is 17.7 Å². The first kappa shape index (κ1) is 12.6. The monoisotopic (exact) mass is 227 g/mol. The number of aryl methyl sites for hydroxylation is 1. The highest BCUT2D eigenvalue weighted by Crippen LogP contribution is 1.95. The van der Waals surface area contributed by atoms with Crippen molar-refractivity contribution < 1.29 is 33.4 Å². The molecule has 0 unspecified atom stereocenters. The van der Waals surface area contributed by atoms with Crippen molar-refractivity contribution in [2.45, 2.75) is 0 Å². The van der Waals surface area contributed by atoms with Crippen LogP contribution in [-0.2, 0) is 7.05 Å². The van der Waals surface area contributed by atoms with Crippen LogP contribution in [0.25, 0.3) is 0 Å². The number of hydrogen-bond acceptors (Lipinski definition) is 4. The molecule has 0 N–H and O–H groups in total. The molecule has 7 heteroatoms. The van der Waals surface area contributed by atoms with Gasteiger partial charge in [0.1, 0.15) is 7.05 Å². The van der Waals surface area contributed by atoms with Crippen LogP contribution in [0.15, 0.2) is 24.4 Å². The molecule has 5 nitrogen and oxygen atoms in total. The van der Waals surface area contributed by atoms with E-state index in [9.17, 15) is 0 Å². The molecule has 0 saturated heterocycles. The summed E-state index contributed by atoms with van der Waals surface area (Å²) in [7, 11) is -3.04. The number of pyridine rings is 1. The van der Waals surface area contributed by atoms with E-state index in [1.165, 1.54) is 0 Å². The second kappa shape index (κ2) is 5.33. The largest absolute Gasteiger partial charge is 0.274 e. The maximum Gasteiger partial charge on any atom is 0.274 e. The Morgan fingerprint density at radius 2 is 1.69 bits per heavy atom. The molecule has 0 aliphatic rings. The molecule has 1 rings (SSSR count). The summed E-state index contributed by atoms with van der Waals surface area (Å²) in [6, 6.07) is 5.69. The summed E-state index contributed by atoms with van der Waals surface area (Å²) < 4.78 is 35.8. The summed E-state index contributed by atoms with van der Waals surface area (Å²) in [6.45, 7) is 0. The molecule has 1 heterocycles. The van der Waals surface area contributed by atoms with Gasteiger partial charge in [0.05, 0.1) is 0 Å². The van der Waals surface area contributed by atoms with E-state index in [2.05, 4.69) is 0 Å². The fraction of sp³-hybridized carbons (Fsp3) is 0.167. The summed E-state index contributed by atoms with van der Waals surface area (Å²) >= 11 is 5.67. The number of rotatable bonds is 0. The Morgan fingerprint density at radius 1 is 1.23 bits per heavy atom. The molecule has 0 amide bonds. The highest BCUT2D eigenvalue weighted by atomic mass is 35.7. The first-order chi connectivity index (χ1) is 5.80. The summed E-state index contributed by atoms with van der Waals surface area (Å²) in [5, 5.41) is 0.757. The Kier molecular flexibility index (Phi) is 5.16. The van der Waals surface area contributed by atoms with Gasteiger partial charge in [-0.1, -0.05) is 0 Å². The van der Waals surface area contributed by atoms with E-state index in [-0.39, 0.29) is 0 Å². The molecule has 0 bridgehead atoms. The smallest absolute Gasteiger partial charge is 0.222 e. The lowest BCUT2D eigenvalue weighted by Gasteiger charge is -2.17. The fourth-order valence-electron chi connectivity index (χ4n) is 0.503. The van der Waals surface area contributed by atoms with Crippen LogP contribution < -0.4 is 23.2 Å². The number of hydrogen-bond donors (Lipinski definition) is 0. The molecule has 0 fully saturated rings. The van der Waals surface area contributed by atoms with E-state index < -0.39 is 10.2 Å². The van der Waals surface area contributed by atoms with Crippen LogP contribution in [-0.4, -0.2) is 0 Å². The molecule has 0 aliphatic heterocycles. The molecule has 0 saturated carbocycles. The summed E-state index contributed by atoms with van der Waals surface area (Å²) in [5.74, 6) is 0. The molecule has 1 aromatic rings. The molecule has 0 aromatic carbocycles. The predicted molar refractivity (Wildman–Crippen MR) is 32.6 cm³/mol. The van der Waals surface area contributed by atoms with Crippen molar-refractivity contribution in [1.82, 2.24) is 0 Å². The minimum atomic E-state index is -4.94. The molecular formula is C6H7Cl2NO4. The Morgan fingerprint density at radius 3 is 1.92 bits per heavy atom. The second-order valence-electron chi connectivity index (χ2n) is 2.01. The van der Waals surface area contributed by atoms with Gasteiger partial charge < -0.3 is 0 Å². The second-order valence-corrected chi connectivity index (χ2v) is 3.16. The van der Waals surface area contributed by atoms with Crippen molar-refractivity contribution in [3.05, 3.63) is 29.5 Å². The van der Waals surface area contributed by atoms with Crippen molar-refractivity contribution in [3.63, 3.8) is 0 Å². The van der Waals surface area contributed by atoms with Gasteiger partial charge in [0.15, 0.2) is 6.20 Å². The van der Waals surface area contributed by atoms with E-state index in [0.29, 0.717) is 0 Å². The van der Waals surface area contributed by atoms with Crippen molar-refractivity contribution >= 4 is 11.6 Å². The summed E-state index contributed by atoms with van der Waals surface area (Å²) in [5.41, 5.74) is 0.